The van der Waals surface area contributed by atoms with Crippen molar-refractivity contribution in [1.82, 2.24) is 0 Å². The van der Waals surface area contributed by atoms with Gasteiger partial charge in [-0.3, -0.25) is 0 Å². The molecule has 1 aliphatic heterocycles. The fraction of sp³-hybridized carbons (Fsp3) is 0.294. The van der Waals surface area contributed by atoms with Gasteiger partial charge in [0.1, 0.15) is 0 Å². The van der Waals surface area contributed by atoms with E-state index in [0.29, 0.717) is 12.1 Å². The van der Waals surface area contributed by atoms with Gasteiger partial charge in [0.2, 0.25) is 0 Å². The quantitative estimate of drug-likeness (QED) is 0.756. The van der Waals surface area contributed by atoms with Gasteiger partial charge in [0, 0.05) is 11.7 Å². The molecule has 1 aliphatic rings. The third-order valence-electron chi connectivity index (χ3n) is 3.76. The molecule has 0 saturated carbocycles. The van der Waals surface area contributed by atoms with Crippen molar-refractivity contribution in [2.24, 2.45) is 0 Å². The number of para-hydroxylation sites is 1. The lowest BCUT2D eigenvalue weighted by Gasteiger charge is -2.31. The summed E-state index contributed by atoms with van der Waals surface area (Å²) in [4.78, 5) is 2.55. The van der Waals surface area contributed by atoms with Crippen LogP contribution in [0.2, 0.25) is 0 Å². The van der Waals surface area contributed by atoms with Gasteiger partial charge in [0.05, 0.1) is 6.04 Å². The van der Waals surface area contributed by atoms with Gasteiger partial charge in [-0.05, 0) is 37.5 Å². The second kappa shape index (κ2) is 4.49. The minimum absolute atomic E-state index is 0.489. The highest BCUT2D eigenvalue weighted by molar-refractivity contribution is 5.61. The first-order valence-electron chi connectivity index (χ1n) is 6.68. The zero-order chi connectivity index (χ0) is 12.5. The molecule has 3 rings (SSSR count). The second-order valence-electron chi connectivity index (χ2n) is 5.26. The number of anilines is 1. The van der Waals surface area contributed by atoms with E-state index < -0.39 is 0 Å². The number of fused-ring (bicyclic) bond motifs is 1. The Bertz CT molecular complexity index is 530. The molecule has 0 spiro atoms. The monoisotopic (exact) mass is 237 g/mol. The van der Waals surface area contributed by atoms with Crippen LogP contribution in [0.5, 0.6) is 0 Å². The molecule has 92 valence electrons. The smallest absolute Gasteiger partial charge is 0.0586 e. The van der Waals surface area contributed by atoms with E-state index in [1.165, 1.54) is 16.8 Å². The van der Waals surface area contributed by atoms with Gasteiger partial charge >= 0.3 is 0 Å². The lowest BCUT2D eigenvalue weighted by Crippen LogP contribution is -2.31. The number of nitrogens with zero attached hydrogens (tertiary/aromatic N) is 1. The van der Waals surface area contributed by atoms with Gasteiger partial charge in [0.15, 0.2) is 0 Å². The topological polar surface area (TPSA) is 3.24 Å². The third kappa shape index (κ3) is 1.80. The molecule has 1 nitrogen and oxygen atoms in total. The summed E-state index contributed by atoms with van der Waals surface area (Å²) in [5, 5.41) is 0. The molecule has 0 saturated heterocycles. The zero-order valence-corrected chi connectivity index (χ0v) is 11.0. The zero-order valence-electron chi connectivity index (χ0n) is 11.0. The Balaban J connectivity index is 2.04. The summed E-state index contributed by atoms with van der Waals surface area (Å²) < 4.78 is 0. The van der Waals surface area contributed by atoms with Crippen molar-refractivity contribution >= 4 is 5.69 Å². The van der Waals surface area contributed by atoms with E-state index in [1.807, 2.05) is 0 Å². The number of hydrogen-bond donors (Lipinski definition) is 0. The van der Waals surface area contributed by atoms with Crippen molar-refractivity contribution < 1.29 is 0 Å². The maximum absolute atomic E-state index is 2.55. The SMILES string of the molecule is CC(C)N1c2ccccc2CC1c1ccccc1. The Morgan fingerprint density at radius 2 is 1.61 bits per heavy atom. The summed E-state index contributed by atoms with van der Waals surface area (Å²) in [7, 11) is 0. The lowest BCUT2D eigenvalue weighted by atomic mass is 10.0. The average molecular weight is 237 g/mol. The minimum atomic E-state index is 0.489. The molecule has 0 aromatic heterocycles. The van der Waals surface area contributed by atoms with E-state index in [4.69, 9.17) is 0 Å². The highest BCUT2D eigenvalue weighted by atomic mass is 15.2. The predicted molar refractivity (Wildman–Crippen MR) is 76.9 cm³/mol. The fourth-order valence-corrected chi connectivity index (χ4v) is 3.00. The van der Waals surface area contributed by atoms with E-state index in [1.54, 1.807) is 0 Å². The second-order valence-corrected chi connectivity index (χ2v) is 5.26. The molecule has 1 atom stereocenters. The molecule has 1 heterocycles. The Hall–Kier alpha value is -1.76. The van der Waals surface area contributed by atoms with E-state index in [9.17, 15) is 0 Å². The summed E-state index contributed by atoms with van der Waals surface area (Å²) >= 11 is 0. The van der Waals surface area contributed by atoms with Gasteiger partial charge in [-0.25, -0.2) is 0 Å². The Morgan fingerprint density at radius 3 is 2.33 bits per heavy atom. The molecule has 0 amide bonds. The first-order valence-corrected chi connectivity index (χ1v) is 6.68. The Kier molecular flexibility index (Phi) is 2.83. The molecule has 1 heteroatoms. The molecule has 0 radical (unpaired) electrons. The van der Waals surface area contributed by atoms with Crippen LogP contribution in [0.15, 0.2) is 54.6 Å². The first-order chi connectivity index (χ1) is 8.77. The van der Waals surface area contributed by atoms with E-state index in [2.05, 4.69) is 73.3 Å². The van der Waals surface area contributed by atoms with Crippen molar-refractivity contribution in [1.29, 1.82) is 0 Å². The van der Waals surface area contributed by atoms with Gasteiger partial charge in [-0.15, -0.1) is 0 Å². The average Bonchev–Trinajstić information content (AvgIpc) is 2.79. The normalized spacial score (nSPS) is 18.2. The van der Waals surface area contributed by atoms with Crippen LogP contribution in [0.4, 0.5) is 5.69 Å². The van der Waals surface area contributed by atoms with Gasteiger partial charge in [-0.2, -0.15) is 0 Å². The van der Waals surface area contributed by atoms with E-state index in [0.717, 1.165) is 6.42 Å². The van der Waals surface area contributed by atoms with Crippen molar-refractivity contribution in [3.8, 4) is 0 Å². The lowest BCUT2D eigenvalue weighted by molar-refractivity contribution is 0.594. The van der Waals surface area contributed by atoms with Crippen LogP contribution < -0.4 is 4.90 Å². The molecule has 0 bridgehead atoms. The number of hydrogen-bond acceptors (Lipinski definition) is 1. The standard InChI is InChI=1S/C17H19N/c1-13(2)18-16-11-7-6-10-15(16)12-17(18)14-8-4-3-5-9-14/h3-11,13,17H,12H2,1-2H3. The van der Waals surface area contributed by atoms with Crippen LogP contribution in [0, 0.1) is 0 Å². The Morgan fingerprint density at radius 1 is 0.944 bits per heavy atom. The molecule has 2 aromatic rings. The summed E-state index contributed by atoms with van der Waals surface area (Å²) in [6, 6.07) is 20.7. The van der Waals surface area contributed by atoms with Gasteiger partial charge in [-0.1, -0.05) is 48.5 Å². The number of benzene rings is 2. The maximum atomic E-state index is 2.55. The summed E-state index contributed by atoms with van der Waals surface area (Å²) in [6.07, 6.45) is 1.12. The molecule has 18 heavy (non-hydrogen) atoms. The summed E-state index contributed by atoms with van der Waals surface area (Å²) in [5.41, 5.74) is 4.30. The van der Waals surface area contributed by atoms with Crippen molar-refractivity contribution in [2.45, 2.75) is 32.4 Å². The van der Waals surface area contributed by atoms with Crippen LogP contribution >= 0.6 is 0 Å². The van der Waals surface area contributed by atoms with Crippen LogP contribution in [0.1, 0.15) is 31.0 Å². The third-order valence-corrected chi connectivity index (χ3v) is 3.76. The highest BCUT2D eigenvalue weighted by Gasteiger charge is 2.31. The van der Waals surface area contributed by atoms with Gasteiger partial charge in [0.25, 0.3) is 0 Å². The molecular weight excluding hydrogens is 218 g/mol. The van der Waals surface area contributed by atoms with E-state index in [-0.39, 0.29) is 0 Å². The van der Waals surface area contributed by atoms with Crippen molar-refractivity contribution in [3.63, 3.8) is 0 Å². The molecule has 1 unspecified atom stereocenters. The predicted octanol–water partition coefficient (Wildman–Crippen LogP) is 4.20. The van der Waals surface area contributed by atoms with Crippen LogP contribution in [-0.4, -0.2) is 6.04 Å². The number of rotatable bonds is 2. The van der Waals surface area contributed by atoms with Crippen molar-refractivity contribution in [3.05, 3.63) is 65.7 Å². The van der Waals surface area contributed by atoms with Crippen molar-refractivity contribution in [2.75, 3.05) is 4.90 Å². The minimum Gasteiger partial charge on any atom is -0.361 e. The summed E-state index contributed by atoms with van der Waals surface area (Å²) in [5.74, 6) is 0. The maximum Gasteiger partial charge on any atom is 0.0586 e. The Labute approximate surface area is 109 Å². The van der Waals surface area contributed by atoms with Gasteiger partial charge < -0.3 is 4.90 Å². The van der Waals surface area contributed by atoms with Crippen LogP contribution in [-0.2, 0) is 6.42 Å². The largest absolute Gasteiger partial charge is 0.361 e. The van der Waals surface area contributed by atoms with Crippen LogP contribution in [0.25, 0.3) is 0 Å². The molecule has 2 aromatic carbocycles. The fourth-order valence-electron chi connectivity index (χ4n) is 3.00. The van der Waals surface area contributed by atoms with E-state index >= 15 is 0 Å². The summed E-state index contributed by atoms with van der Waals surface area (Å²) in [6.45, 7) is 4.55. The molecule has 0 fully saturated rings. The molecule has 0 N–H and O–H groups in total. The molecular formula is C17H19N. The van der Waals surface area contributed by atoms with Crippen LogP contribution in [0.3, 0.4) is 0 Å². The highest BCUT2D eigenvalue weighted by Crippen LogP contribution is 2.41. The molecule has 0 aliphatic carbocycles. The first kappa shape index (κ1) is 11.3.